The summed E-state index contributed by atoms with van der Waals surface area (Å²) in [7, 11) is 3.11. The molecule has 0 unspecified atom stereocenters. The first-order chi connectivity index (χ1) is 16.9. The van der Waals surface area contributed by atoms with E-state index in [0.29, 0.717) is 60.3 Å². The number of primary amides is 1. The van der Waals surface area contributed by atoms with E-state index >= 15 is 0 Å². The van der Waals surface area contributed by atoms with Gasteiger partial charge in [0.25, 0.3) is 0 Å². The number of benzene rings is 1. The predicted molar refractivity (Wildman–Crippen MR) is 123 cm³/mol. The summed E-state index contributed by atoms with van der Waals surface area (Å²) in [6.07, 6.45) is 2.61. The third-order valence-electron chi connectivity index (χ3n) is 5.91. The van der Waals surface area contributed by atoms with Crippen molar-refractivity contribution in [3.05, 3.63) is 42.1 Å². The summed E-state index contributed by atoms with van der Waals surface area (Å²) in [6.45, 7) is -1.58. The van der Waals surface area contributed by atoms with E-state index in [1.807, 2.05) is 15.5 Å². The Labute approximate surface area is 200 Å². The van der Waals surface area contributed by atoms with Crippen LogP contribution in [0.25, 0.3) is 11.4 Å². The summed E-state index contributed by atoms with van der Waals surface area (Å²) < 4.78 is 42.6. The van der Waals surface area contributed by atoms with Gasteiger partial charge in [-0.1, -0.05) is 0 Å². The molecule has 1 fully saturated rings. The number of aromatic nitrogens is 4. The highest BCUT2D eigenvalue weighted by atomic mass is 19.3. The number of halogens is 2. The van der Waals surface area contributed by atoms with Crippen LogP contribution in [0.3, 0.4) is 0 Å². The molecule has 3 aromatic rings. The molecule has 0 radical (unpaired) electrons. The maximum atomic E-state index is 12.7. The van der Waals surface area contributed by atoms with Gasteiger partial charge in [0.1, 0.15) is 11.5 Å². The van der Waals surface area contributed by atoms with Gasteiger partial charge in [-0.15, -0.1) is 10.2 Å². The van der Waals surface area contributed by atoms with Crippen molar-refractivity contribution in [1.82, 2.24) is 19.7 Å². The predicted octanol–water partition coefficient (Wildman–Crippen LogP) is 2.71. The number of nitrogens with zero attached hydrogens (tertiary/aromatic N) is 5. The molecule has 0 bridgehead atoms. The lowest BCUT2D eigenvalue weighted by atomic mass is 9.96. The lowest BCUT2D eigenvalue weighted by molar-refractivity contribution is -0.122. The summed E-state index contributed by atoms with van der Waals surface area (Å²) in [5.74, 6) is 1.58. The van der Waals surface area contributed by atoms with E-state index in [2.05, 4.69) is 19.9 Å². The Kier molecular flexibility index (Phi) is 7.28. The quantitative estimate of drug-likeness (QED) is 0.489. The zero-order chi connectivity index (χ0) is 24.9. The second-order valence-electron chi connectivity index (χ2n) is 8.02. The number of rotatable bonds is 9. The number of pyridine rings is 1. The molecule has 4 rings (SSSR count). The van der Waals surface area contributed by atoms with Crippen LogP contribution in [-0.2, 0) is 11.3 Å². The maximum absolute atomic E-state index is 12.7. The molecule has 0 atom stereocenters. The highest BCUT2D eigenvalue weighted by molar-refractivity contribution is 5.77. The van der Waals surface area contributed by atoms with Crippen molar-refractivity contribution >= 4 is 11.9 Å². The maximum Gasteiger partial charge on any atom is 0.388 e. The van der Waals surface area contributed by atoms with Gasteiger partial charge in [-0.3, -0.25) is 9.36 Å². The van der Waals surface area contributed by atoms with E-state index in [1.165, 1.54) is 12.3 Å². The topological polar surface area (TPSA) is 118 Å². The normalized spacial score (nSPS) is 14.3. The van der Waals surface area contributed by atoms with Gasteiger partial charge >= 0.3 is 6.61 Å². The van der Waals surface area contributed by atoms with Crippen molar-refractivity contribution in [2.75, 3.05) is 32.2 Å². The Hall–Kier alpha value is -3.96. The van der Waals surface area contributed by atoms with Crippen LogP contribution in [0.5, 0.6) is 17.4 Å². The average Bonchev–Trinajstić information content (AvgIpc) is 3.26. The molecule has 0 spiro atoms. The number of hydrogen-bond acceptors (Lipinski definition) is 8. The largest absolute Gasteiger partial charge is 0.497 e. The monoisotopic (exact) mass is 488 g/mol. The molecule has 3 heterocycles. The van der Waals surface area contributed by atoms with Crippen LogP contribution in [0.1, 0.15) is 18.4 Å². The summed E-state index contributed by atoms with van der Waals surface area (Å²) in [4.78, 5) is 17.5. The summed E-state index contributed by atoms with van der Waals surface area (Å²) in [5, 5.41) is 8.88. The van der Waals surface area contributed by atoms with Crippen LogP contribution in [0.15, 0.2) is 36.5 Å². The van der Waals surface area contributed by atoms with Crippen molar-refractivity contribution in [2.24, 2.45) is 11.7 Å². The van der Waals surface area contributed by atoms with E-state index in [0.717, 1.165) is 0 Å². The van der Waals surface area contributed by atoms with Gasteiger partial charge < -0.3 is 24.8 Å². The van der Waals surface area contributed by atoms with Gasteiger partial charge in [0.15, 0.2) is 5.82 Å². The number of anilines is 1. The standard InChI is InChI=1S/C23H26F2N6O4/c1-33-16-3-4-17(18(12-16)34-2)21-28-29-23(30-9-6-15(7-10-30)20(26)32)31(21)13-14-5-8-27-19(11-14)35-22(24)25/h3-5,8,11-12,15,22H,6-7,9-10,13H2,1-2H3,(H2,26,32). The van der Waals surface area contributed by atoms with Crippen LogP contribution < -0.4 is 24.8 Å². The Morgan fingerprint density at radius 3 is 2.57 bits per heavy atom. The van der Waals surface area contributed by atoms with Crippen molar-refractivity contribution in [3.63, 3.8) is 0 Å². The summed E-state index contributed by atoms with van der Waals surface area (Å²) in [5.41, 5.74) is 6.82. The van der Waals surface area contributed by atoms with Gasteiger partial charge in [-0.05, 0) is 36.6 Å². The molecule has 2 aromatic heterocycles. The fourth-order valence-electron chi connectivity index (χ4n) is 4.11. The van der Waals surface area contributed by atoms with E-state index in [-0.39, 0.29) is 24.2 Å². The van der Waals surface area contributed by atoms with Crippen molar-refractivity contribution in [1.29, 1.82) is 0 Å². The number of carbonyl (C=O) groups excluding carboxylic acids is 1. The molecule has 0 saturated carbocycles. The number of methoxy groups -OCH3 is 2. The SMILES string of the molecule is COc1ccc(-c2nnc(N3CCC(C(N)=O)CC3)n2Cc2ccnc(OC(F)F)c2)c(OC)c1. The molecular formula is C23H26F2N6O4. The molecule has 35 heavy (non-hydrogen) atoms. The van der Waals surface area contributed by atoms with Gasteiger partial charge in [0.2, 0.25) is 17.7 Å². The molecule has 1 aliphatic heterocycles. The number of ether oxygens (including phenoxy) is 3. The highest BCUT2D eigenvalue weighted by Crippen LogP contribution is 2.35. The fraction of sp³-hybridized carbons (Fsp3) is 0.391. The zero-order valence-electron chi connectivity index (χ0n) is 19.4. The third kappa shape index (κ3) is 5.42. The first kappa shape index (κ1) is 24.2. The molecule has 1 aliphatic rings. The smallest absolute Gasteiger partial charge is 0.388 e. The van der Waals surface area contributed by atoms with Crippen LogP contribution in [0.2, 0.25) is 0 Å². The first-order valence-electron chi connectivity index (χ1n) is 11.0. The van der Waals surface area contributed by atoms with Crippen molar-refractivity contribution in [3.8, 4) is 28.8 Å². The second kappa shape index (κ2) is 10.5. The number of amides is 1. The van der Waals surface area contributed by atoms with E-state index in [4.69, 9.17) is 15.2 Å². The van der Waals surface area contributed by atoms with E-state index in [9.17, 15) is 13.6 Å². The molecule has 1 amide bonds. The minimum atomic E-state index is -2.98. The average molecular weight is 488 g/mol. The minimum absolute atomic E-state index is 0.182. The molecule has 2 N–H and O–H groups in total. The number of carbonyl (C=O) groups is 1. The van der Waals surface area contributed by atoms with E-state index < -0.39 is 6.61 Å². The molecule has 12 heteroatoms. The fourth-order valence-corrected chi connectivity index (χ4v) is 4.11. The van der Waals surface area contributed by atoms with Crippen LogP contribution in [0, 0.1) is 5.92 Å². The number of piperidine rings is 1. The Balaban J connectivity index is 1.73. The van der Waals surface area contributed by atoms with Gasteiger partial charge in [0.05, 0.1) is 26.3 Å². The molecular weight excluding hydrogens is 462 g/mol. The van der Waals surface area contributed by atoms with Crippen LogP contribution >= 0.6 is 0 Å². The Morgan fingerprint density at radius 1 is 1.14 bits per heavy atom. The van der Waals surface area contributed by atoms with Crippen molar-refractivity contribution < 1.29 is 27.8 Å². The molecule has 1 aromatic carbocycles. The second-order valence-corrected chi connectivity index (χ2v) is 8.02. The Bertz CT molecular complexity index is 1180. The molecule has 0 aliphatic carbocycles. The minimum Gasteiger partial charge on any atom is -0.497 e. The van der Waals surface area contributed by atoms with E-state index in [1.54, 1.807) is 32.4 Å². The Morgan fingerprint density at radius 2 is 1.91 bits per heavy atom. The lowest BCUT2D eigenvalue weighted by Crippen LogP contribution is -2.39. The highest BCUT2D eigenvalue weighted by Gasteiger charge is 2.28. The van der Waals surface area contributed by atoms with Crippen LogP contribution in [0.4, 0.5) is 14.7 Å². The summed E-state index contributed by atoms with van der Waals surface area (Å²) >= 11 is 0. The first-order valence-corrected chi connectivity index (χ1v) is 11.0. The lowest BCUT2D eigenvalue weighted by Gasteiger charge is -2.31. The van der Waals surface area contributed by atoms with Gasteiger partial charge in [-0.25, -0.2) is 4.98 Å². The molecule has 10 nitrogen and oxygen atoms in total. The summed E-state index contributed by atoms with van der Waals surface area (Å²) in [6, 6.07) is 8.50. The molecule has 186 valence electrons. The third-order valence-corrected chi connectivity index (χ3v) is 5.91. The van der Waals surface area contributed by atoms with Gasteiger partial charge in [-0.2, -0.15) is 8.78 Å². The number of alkyl halides is 2. The van der Waals surface area contributed by atoms with Gasteiger partial charge in [0, 0.05) is 37.3 Å². The number of nitrogens with two attached hydrogens (primary N) is 1. The van der Waals surface area contributed by atoms with Crippen LogP contribution in [-0.4, -0.2) is 59.6 Å². The number of hydrogen-bond donors (Lipinski definition) is 1. The molecule has 1 saturated heterocycles. The van der Waals surface area contributed by atoms with Crippen molar-refractivity contribution in [2.45, 2.75) is 26.0 Å². The zero-order valence-corrected chi connectivity index (χ0v) is 19.4.